The molecule has 0 spiro atoms. The van der Waals surface area contributed by atoms with Crippen molar-refractivity contribution < 1.29 is 14.2 Å². The van der Waals surface area contributed by atoms with Crippen LogP contribution in [0.5, 0.6) is 17.2 Å². The third kappa shape index (κ3) is 4.28. The minimum atomic E-state index is 0.856. The minimum absolute atomic E-state index is 0.856. The van der Waals surface area contributed by atoms with E-state index in [4.69, 9.17) is 14.2 Å². The van der Waals surface area contributed by atoms with Gasteiger partial charge in [0.1, 0.15) is 17.2 Å². The molecule has 0 saturated heterocycles. The molecule has 23 heavy (non-hydrogen) atoms. The van der Waals surface area contributed by atoms with E-state index in [9.17, 15) is 0 Å². The molecule has 3 heteroatoms. The fraction of sp³-hybridized carbons (Fsp3) is 0.300. The fourth-order valence-electron chi connectivity index (χ4n) is 2.50. The average Bonchev–Trinajstić information content (AvgIpc) is 2.61. The molecule has 0 aliphatic carbocycles. The number of methoxy groups -OCH3 is 3. The standard InChI is InChI=1S/C20H24O3/c1-5-6-18-19(22-3)13-16(14-20(18)23-4)8-7-15-9-11-17(21-2)12-10-15/h7-14H,5-6H2,1-4H3/b8-7+. The highest BCUT2D eigenvalue weighted by atomic mass is 16.5. The van der Waals surface area contributed by atoms with Gasteiger partial charge in [0.05, 0.1) is 21.3 Å². The molecule has 2 rings (SSSR count). The Labute approximate surface area is 138 Å². The van der Waals surface area contributed by atoms with Gasteiger partial charge in [-0.2, -0.15) is 0 Å². The number of ether oxygens (including phenoxy) is 3. The van der Waals surface area contributed by atoms with Crippen molar-refractivity contribution in [1.29, 1.82) is 0 Å². The Kier molecular flexibility index (Phi) is 6.10. The van der Waals surface area contributed by atoms with Crippen LogP contribution in [0.4, 0.5) is 0 Å². The highest BCUT2D eigenvalue weighted by Crippen LogP contribution is 2.32. The predicted octanol–water partition coefficient (Wildman–Crippen LogP) is 4.84. The van der Waals surface area contributed by atoms with E-state index in [1.54, 1.807) is 21.3 Å². The Morgan fingerprint density at radius 1 is 0.783 bits per heavy atom. The first-order chi connectivity index (χ1) is 11.2. The first-order valence-electron chi connectivity index (χ1n) is 7.78. The van der Waals surface area contributed by atoms with Gasteiger partial charge in [-0.15, -0.1) is 0 Å². The molecular formula is C20H24O3. The van der Waals surface area contributed by atoms with Gasteiger partial charge in [0.2, 0.25) is 0 Å². The molecule has 0 aromatic heterocycles. The Morgan fingerprint density at radius 2 is 1.35 bits per heavy atom. The Balaban J connectivity index is 2.29. The van der Waals surface area contributed by atoms with Gasteiger partial charge >= 0.3 is 0 Å². The summed E-state index contributed by atoms with van der Waals surface area (Å²) in [4.78, 5) is 0. The molecule has 0 heterocycles. The van der Waals surface area contributed by atoms with Gasteiger partial charge in [0.15, 0.2) is 0 Å². The van der Waals surface area contributed by atoms with Gasteiger partial charge < -0.3 is 14.2 Å². The number of hydrogen-bond acceptors (Lipinski definition) is 3. The summed E-state index contributed by atoms with van der Waals surface area (Å²) in [5, 5.41) is 0. The zero-order valence-corrected chi connectivity index (χ0v) is 14.3. The van der Waals surface area contributed by atoms with E-state index in [-0.39, 0.29) is 0 Å². The van der Waals surface area contributed by atoms with Gasteiger partial charge in [0, 0.05) is 5.56 Å². The lowest BCUT2D eigenvalue weighted by atomic mass is 10.0. The van der Waals surface area contributed by atoms with Gasteiger partial charge in [-0.25, -0.2) is 0 Å². The lowest BCUT2D eigenvalue weighted by molar-refractivity contribution is 0.385. The highest BCUT2D eigenvalue weighted by Gasteiger charge is 2.10. The molecule has 0 amide bonds. The maximum Gasteiger partial charge on any atom is 0.126 e. The maximum absolute atomic E-state index is 5.53. The van der Waals surface area contributed by atoms with Gasteiger partial charge in [0.25, 0.3) is 0 Å². The van der Waals surface area contributed by atoms with Crippen LogP contribution in [-0.4, -0.2) is 21.3 Å². The quantitative estimate of drug-likeness (QED) is 0.685. The number of hydrogen-bond donors (Lipinski definition) is 0. The van der Waals surface area contributed by atoms with Crippen molar-refractivity contribution in [3.05, 3.63) is 53.1 Å². The van der Waals surface area contributed by atoms with E-state index in [1.807, 2.05) is 36.4 Å². The van der Waals surface area contributed by atoms with Crippen LogP contribution in [-0.2, 0) is 6.42 Å². The normalized spacial score (nSPS) is 10.8. The summed E-state index contributed by atoms with van der Waals surface area (Å²) >= 11 is 0. The maximum atomic E-state index is 5.53. The summed E-state index contributed by atoms with van der Waals surface area (Å²) in [7, 11) is 5.07. The third-order valence-electron chi connectivity index (χ3n) is 3.71. The van der Waals surface area contributed by atoms with Crippen molar-refractivity contribution in [3.8, 4) is 17.2 Å². The average molecular weight is 312 g/mol. The summed E-state index contributed by atoms with van der Waals surface area (Å²) in [6.07, 6.45) is 6.11. The van der Waals surface area contributed by atoms with Gasteiger partial charge in [-0.05, 0) is 41.8 Å². The second-order valence-corrected chi connectivity index (χ2v) is 5.26. The van der Waals surface area contributed by atoms with Crippen LogP contribution in [0.1, 0.15) is 30.0 Å². The van der Waals surface area contributed by atoms with Crippen LogP contribution in [0, 0.1) is 0 Å². The van der Waals surface area contributed by atoms with E-state index in [0.29, 0.717) is 0 Å². The molecule has 3 nitrogen and oxygen atoms in total. The van der Waals surface area contributed by atoms with Gasteiger partial charge in [-0.3, -0.25) is 0 Å². The highest BCUT2D eigenvalue weighted by molar-refractivity contribution is 5.72. The summed E-state index contributed by atoms with van der Waals surface area (Å²) in [5.41, 5.74) is 3.29. The van der Waals surface area contributed by atoms with Gasteiger partial charge in [-0.1, -0.05) is 37.6 Å². The van der Waals surface area contributed by atoms with Crippen LogP contribution in [0.3, 0.4) is 0 Å². The van der Waals surface area contributed by atoms with Crippen molar-refractivity contribution in [2.24, 2.45) is 0 Å². The molecule has 0 atom stereocenters. The van der Waals surface area contributed by atoms with Crippen LogP contribution < -0.4 is 14.2 Å². The molecule has 0 N–H and O–H groups in total. The van der Waals surface area contributed by atoms with E-state index in [1.165, 1.54) is 0 Å². The summed E-state index contributed by atoms with van der Waals surface area (Å²) in [6.45, 7) is 2.15. The van der Waals surface area contributed by atoms with E-state index in [2.05, 4.69) is 19.1 Å². The van der Waals surface area contributed by atoms with Crippen LogP contribution >= 0.6 is 0 Å². The zero-order valence-electron chi connectivity index (χ0n) is 14.3. The molecule has 0 fully saturated rings. The van der Waals surface area contributed by atoms with Crippen molar-refractivity contribution in [3.63, 3.8) is 0 Å². The largest absolute Gasteiger partial charge is 0.497 e. The summed E-state index contributed by atoms with van der Waals surface area (Å²) in [6, 6.07) is 12.0. The molecule has 0 aliphatic rings. The molecule has 0 unspecified atom stereocenters. The summed E-state index contributed by atoms with van der Waals surface area (Å²) in [5.74, 6) is 2.61. The predicted molar refractivity (Wildman–Crippen MR) is 95.5 cm³/mol. The van der Waals surface area contributed by atoms with E-state index < -0.39 is 0 Å². The van der Waals surface area contributed by atoms with Crippen molar-refractivity contribution in [1.82, 2.24) is 0 Å². The molecule has 0 radical (unpaired) electrons. The minimum Gasteiger partial charge on any atom is -0.497 e. The second kappa shape index (κ2) is 8.28. The topological polar surface area (TPSA) is 27.7 Å². The first kappa shape index (κ1) is 16.9. The Morgan fingerprint density at radius 3 is 1.83 bits per heavy atom. The Bertz CT molecular complexity index is 632. The second-order valence-electron chi connectivity index (χ2n) is 5.26. The lowest BCUT2D eigenvalue weighted by Crippen LogP contribution is -1.97. The molecule has 0 aliphatic heterocycles. The van der Waals surface area contributed by atoms with E-state index >= 15 is 0 Å². The van der Waals surface area contributed by atoms with Crippen LogP contribution in [0.15, 0.2) is 36.4 Å². The monoisotopic (exact) mass is 312 g/mol. The first-order valence-corrected chi connectivity index (χ1v) is 7.78. The van der Waals surface area contributed by atoms with E-state index in [0.717, 1.165) is 46.8 Å². The zero-order chi connectivity index (χ0) is 16.7. The molecule has 2 aromatic rings. The molecular weight excluding hydrogens is 288 g/mol. The van der Waals surface area contributed by atoms with Crippen LogP contribution in [0.25, 0.3) is 12.2 Å². The van der Waals surface area contributed by atoms with Crippen LogP contribution in [0.2, 0.25) is 0 Å². The smallest absolute Gasteiger partial charge is 0.126 e. The Hall–Kier alpha value is -2.42. The number of benzene rings is 2. The van der Waals surface area contributed by atoms with Crippen molar-refractivity contribution in [2.75, 3.05) is 21.3 Å². The lowest BCUT2D eigenvalue weighted by Gasteiger charge is -2.14. The molecule has 0 bridgehead atoms. The molecule has 0 saturated carbocycles. The summed E-state index contributed by atoms with van der Waals surface area (Å²) < 4.78 is 16.2. The van der Waals surface area contributed by atoms with Crippen molar-refractivity contribution in [2.45, 2.75) is 19.8 Å². The number of rotatable bonds is 7. The SMILES string of the molecule is CCCc1c(OC)cc(/C=C/c2ccc(OC)cc2)cc1OC. The third-order valence-corrected chi connectivity index (χ3v) is 3.71. The molecule has 2 aromatic carbocycles. The fourth-order valence-corrected chi connectivity index (χ4v) is 2.50. The van der Waals surface area contributed by atoms with Crippen molar-refractivity contribution >= 4 is 12.2 Å². The molecule has 122 valence electrons.